The van der Waals surface area contributed by atoms with E-state index in [9.17, 15) is 4.79 Å². The second-order valence-electron chi connectivity index (χ2n) is 5.84. The van der Waals surface area contributed by atoms with E-state index >= 15 is 0 Å². The van der Waals surface area contributed by atoms with Crippen molar-refractivity contribution in [1.29, 1.82) is 0 Å². The number of carbonyl (C=O) groups is 1. The van der Waals surface area contributed by atoms with E-state index in [4.69, 9.17) is 4.74 Å². The van der Waals surface area contributed by atoms with E-state index in [1.807, 2.05) is 18.2 Å². The molecule has 0 spiro atoms. The smallest absolute Gasteiger partial charge is 0.338 e. The SMILES string of the molecule is C=CCOC(=O)c1ccc2c(C3CCCCC3)c(Br)[nH]c2c1. The Morgan fingerprint density at radius 3 is 2.86 bits per heavy atom. The molecule has 0 aliphatic heterocycles. The summed E-state index contributed by atoms with van der Waals surface area (Å²) in [7, 11) is 0. The van der Waals surface area contributed by atoms with Gasteiger partial charge in [0.05, 0.1) is 10.2 Å². The van der Waals surface area contributed by atoms with Crippen LogP contribution < -0.4 is 0 Å². The van der Waals surface area contributed by atoms with Crippen LogP contribution in [0.4, 0.5) is 0 Å². The van der Waals surface area contributed by atoms with Gasteiger partial charge in [-0.1, -0.05) is 38.0 Å². The van der Waals surface area contributed by atoms with Gasteiger partial charge in [-0.05, 0) is 52.4 Å². The van der Waals surface area contributed by atoms with E-state index in [0.717, 1.165) is 10.1 Å². The Hall–Kier alpha value is -1.55. The van der Waals surface area contributed by atoms with Gasteiger partial charge in [-0.15, -0.1) is 0 Å². The van der Waals surface area contributed by atoms with Crippen molar-refractivity contribution in [3.63, 3.8) is 0 Å². The predicted molar refractivity (Wildman–Crippen MR) is 92.3 cm³/mol. The lowest BCUT2D eigenvalue weighted by Crippen LogP contribution is -2.05. The Morgan fingerprint density at radius 1 is 1.36 bits per heavy atom. The molecule has 1 fully saturated rings. The largest absolute Gasteiger partial charge is 0.458 e. The lowest BCUT2D eigenvalue weighted by molar-refractivity contribution is 0.0550. The van der Waals surface area contributed by atoms with E-state index < -0.39 is 0 Å². The Bertz CT molecular complexity index is 698. The summed E-state index contributed by atoms with van der Waals surface area (Å²) >= 11 is 3.66. The molecule has 0 atom stereocenters. The summed E-state index contributed by atoms with van der Waals surface area (Å²) in [5.74, 6) is 0.294. The van der Waals surface area contributed by atoms with Gasteiger partial charge >= 0.3 is 5.97 Å². The molecule has 22 heavy (non-hydrogen) atoms. The highest BCUT2D eigenvalue weighted by atomic mass is 79.9. The van der Waals surface area contributed by atoms with E-state index in [1.54, 1.807) is 6.08 Å². The maximum Gasteiger partial charge on any atom is 0.338 e. The van der Waals surface area contributed by atoms with Crippen molar-refractivity contribution >= 4 is 32.8 Å². The maximum absolute atomic E-state index is 11.9. The minimum absolute atomic E-state index is 0.235. The highest BCUT2D eigenvalue weighted by molar-refractivity contribution is 9.10. The van der Waals surface area contributed by atoms with Crippen molar-refractivity contribution in [2.75, 3.05) is 6.61 Å². The average Bonchev–Trinajstić information content (AvgIpc) is 2.88. The molecule has 1 aromatic heterocycles. The van der Waals surface area contributed by atoms with Gasteiger partial charge in [0.25, 0.3) is 0 Å². The number of carbonyl (C=O) groups excluding carboxylic acids is 1. The number of benzene rings is 1. The molecule has 1 saturated carbocycles. The van der Waals surface area contributed by atoms with Crippen molar-refractivity contribution < 1.29 is 9.53 Å². The van der Waals surface area contributed by atoms with Crippen LogP contribution in [0.25, 0.3) is 10.9 Å². The molecule has 4 heteroatoms. The average molecular weight is 362 g/mol. The van der Waals surface area contributed by atoms with Crippen molar-refractivity contribution in [2.45, 2.75) is 38.0 Å². The first-order chi connectivity index (χ1) is 10.7. The minimum Gasteiger partial charge on any atom is -0.458 e. The summed E-state index contributed by atoms with van der Waals surface area (Å²) in [6.45, 7) is 3.79. The van der Waals surface area contributed by atoms with Crippen molar-refractivity contribution in [3.05, 3.63) is 46.6 Å². The van der Waals surface area contributed by atoms with Gasteiger partial charge in [-0.2, -0.15) is 0 Å². The molecular weight excluding hydrogens is 342 g/mol. The predicted octanol–water partition coefficient (Wildman–Crippen LogP) is 5.32. The van der Waals surface area contributed by atoms with Gasteiger partial charge in [0.15, 0.2) is 0 Å². The van der Waals surface area contributed by atoms with Gasteiger partial charge in [0.2, 0.25) is 0 Å². The molecule has 0 bridgehead atoms. The molecule has 116 valence electrons. The van der Waals surface area contributed by atoms with Gasteiger partial charge in [0.1, 0.15) is 6.61 Å². The molecule has 1 N–H and O–H groups in total. The molecule has 1 aliphatic rings. The molecule has 3 nitrogen and oxygen atoms in total. The third kappa shape index (κ3) is 2.98. The highest BCUT2D eigenvalue weighted by Gasteiger charge is 2.22. The van der Waals surface area contributed by atoms with Crippen LogP contribution in [0, 0.1) is 0 Å². The van der Waals surface area contributed by atoms with E-state index in [0.29, 0.717) is 11.5 Å². The number of aromatic nitrogens is 1. The number of aromatic amines is 1. The summed E-state index contributed by atoms with van der Waals surface area (Å²) in [6.07, 6.45) is 8.01. The summed E-state index contributed by atoms with van der Waals surface area (Å²) in [6, 6.07) is 5.75. The number of hydrogen-bond acceptors (Lipinski definition) is 2. The fourth-order valence-electron chi connectivity index (χ4n) is 3.32. The summed E-state index contributed by atoms with van der Waals surface area (Å²) < 4.78 is 6.14. The lowest BCUT2D eigenvalue weighted by Gasteiger charge is -2.21. The molecule has 0 unspecified atom stereocenters. The summed E-state index contributed by atoms with van der Waals surface area (Å²) in [5.41, 5.74) is 2.92. The molecule has 0 saturated heterocycles. The standard InChI is InChI=1S/C18H20BrNO2/c1-2-10-22-18(21)13-8-9-14-15(11-13)20-17(19)16(14)12-6-4-3-5-7-12/h2,8-9,11-12,20H,1,3-7,10H2. The Kier molecular flexibility index (Phi) is 4.67. The van der Waals surface area contributed by atoms with Crippen LogP contribution in [-0.4, -0.2) is 17.6 Å². The topological polar surface area (TPSA) is 42.1 Å². The van der Waals surface area contributed by atoms with Crippen LogP contribution in [0.15, 0.2) is 35.5 Å². The van der Waals surface area contributed by atoms with Crippen molar-refractivity contribution in [1.82, 2.24) is 4.98 Å². The molecule has 1 aliphatic carbocycles. The van der Waals surface area contributed by atoms with Gasteiger partial charge < -0.3 is 9.72 Å². The first kappa shape index (κ1) is 15.3. The van der Waals surface area contributed by atoms with Crippen LogP contribution >= 0.6 is 15.9 Å². The summed E-state index contributed by atoms with van der Waals surface area (Å²) in [4.78, 5) is 15.3. The van der Waals surface area contributed by atoms with E-state index in [-0.39, 0.29) is 12.6 Å². The summed E-state index contributed by atoms with van der Waals surface area (Å²) in [5, 5.41) is 1.21. The first-order valence-electron chi connectivity index (χ1n) is 7.80. The van der Waals surface area contributed by atoms with Crippen molar-refractivity contribution in [3.8, 4) is 0 Å². The number of nitrogens with one attached hydrogen (secondary N) is 1. The number of H-pyrrole nitrogens is 1. The number of rotatable bonds is 4. The first-order valence-corrected chi connectivity index (χ1v) is 8.59. The second-order valence-corrected chi connectivity index (χ2v) is 6.63. The molecule has 3 rings (SSSR count). The molecular formula is C18H20BrNO2. The second kappa shape index (κ2) is 6.69. The number of ether oxygens (including phenoxy) is 1. The quantitative estimate of drug-likeness (QED) is 0.591. The molecule has 1 aromatic carbocycles. The highest BCUT2D eigenvalue weighted by Crippen LogP contribution is 2.40. The van der Waals surface area contributed by atoms with Crippen LogP contribution in [0.3, 0.4) is 0 Å². The fraction of sp³-hybridized carbons (Fsp3) is 0.389. The zero-order valence-corrected chi connectivity index (χ0v) is 14.1. The molecule has 1 heterocycles. The Labute approximate surface area is 138 Å². The van der Waals surface area contributed by atoms with E-state index in [1.165, 1.54) is 43.1 Å². The van der Waals surface area contributed by atoms with Crippen LogP contribution in [0.5, 0.6) is 0 Å². The minimum atomic E-state index is -0.313. The van der Waals surface area contributed by atoms with Crippen LogP contribution in [0.1, 0.15) is 53.9 Å². The van der Waals surface area contributed by atoms with Crippen LogP contribution in [0.2, 0.25) is 0 Å². The molecule has 2 aromatic rings. The number of esters is 1. The third-order valence-electron chi connectivity index (χ3n) is 4.37. The molecule has 0 radical (unpaired) electrons. The Morgan fingerprint density at radius 2 is 2.14 bits per heavy atom. The Balaban J connectivity index is 1.94. The zero-order chi connectivity index (χ0) is 15.5. The van der Waals surface area contributed by atoms with Crippen LogP contribution in [-0.2, 0) is 4.74 Å². The van der Waals surface area contributed by atoms with Gasteiger partial charge in [-0.3, -0.25) is 0 Å². The third-order valence-corrected chi connectivity index (χ3v) is 5.00. The van der Waals surface area contributed by atoms with E-state index in [2.05, 4.69) is 27.5 Å². The lowest BCUT2D eigenvalue weighted by atomic mass is 9.84. The number of halogens is 1. The normalized spacial score (nSPS) is 15.9. The monoisotopic (exact) mass is 361 g/mol. The van der Waals surface area contributed by atoms with Gasteiger partial charge in [-0.25, -0.2) is 4.79 Å². The number of fused-ring (bicyclic) bond motifs is 1. The zero-order valence-electron chi connectivity index (χ0n) is 12.5. The fourth-order valence-corrected chi connectivity index (χ4v) is 4.07. The molecule has 0 amide bonds. The van der Waals surface area contributed by atoms with Gasteiger partial charge in [0, 0.05) is 10.9 Å². The number of hydrogen-bond donors (Lipinski definition) is 1. The maximum atomic E-state index is 11.9. The van der Waals surface area contributed by atoms with Crippen molar-refractivity contribution in [2.24, 2.45) is 0 Å².